The van der Waals surface area contributed by atoms with Crippen LogP contribution in [0.3, 0.4) is 0 Å². The van der Waals surface area contributed by atoms with Crippen molar-refractivity contribution in [1.82, 2.24) is 0 Å². The molecule has 208 valence electrons. The zero-order valence-corrected chi connectivity index (χ0v) is 25.9. The number of rotatable bonds is 16. The lowest BCUT2D eigenvalue weighted by molar-refractivity contribution is -0.118. The topological polar surface area (TPSA) is 63.3 Å². The van der Waals surface area contributed by atoms with Crippen molar-refractivity contribution in [1.29, 1.82) is 0 Å². The Bertz CT molecular complexity index is 247. The molecule has 3 N–H and O–H groups in total. The molecule has 33 heavy (non-hydrogen) atoms. The van der Waals surface area contributed by atoms with Crippen LogP contribution in [0.4, 0.5) is 0 Å². The molecule has 0 aliphatic rings. The Balaban J connectivity index is -0.000000117. The van der Waals surface area contributed by atoms with Gasteiger partial charge in [-0.2, -0.15) is 0 Å². The molecule has 0 rings (SSSR count). The Hall–Kier alpha value is -0.220. The van der Waals surface area contributed by atoms with Crippen LogP contribution >= 0.6 is 12.0 Å². The summed E-state index contributed by atoms with van der Waals surface area (Å²) < 4.78 is 8.58. The first-order valence-corrected chi connectivity index (χ1v) is 15.5. The number of hydrogen-bond donors (Lipinski definition) is 2. The molecule has 0 heterocycles. The normalized spacial score (nSPS) is 8.58. The molecule has 0 aliphatic carbocycles. The molecule has 1 amide bonds. The molecular weight excluding hydrogens is 426 g/mol. The highest BCUT2D eigenvalue weighted by Gasteiger charge is 1.96. The summed E-state index contributed by atoms with van der Waals surface area (Å²) >= 11 is 0.964. The van der Waals surface area contributed by atoms with E-state index in [0.29, 0.717) is 6.42 Å². The number of carbonyl (C=O) groups excluding carboxylic acids is 1. The van der Waals surface area contributed by atoms with Gasteiger partial charge in [-0.1, -0.05) is 159 Å². The second-order valence-corrected chi connectivity index (χ2v) is 8.43. The molecule has 0 aliphatic heterocycles. The van der Waals surface area contributed by atoms with Gasteiger partial charge >= 0.3 is 0 Å². The largest absolute Gasteiger partial charge is 0.370 e. The van der Waals surface area contributed by atoms with Crippen molar-refractivity contribution in [2.45, 2.75) is 178 Å². The maximum absolute atomic E-state index is 10.5. The van der Waals surface area contributed by atoms with Gasteiger partial charge in [0, 0.05) is 12.2 Å². The molecule has 0 radical (unpaired) electrons. The lowest BCUT2D eigenvalue weighted by Gasteiger charge is -2.03. The van der Waals surface area contributed by atoms with Crippen LogP contribution in [0, 0.1) is 0 Å². The van der Waals surface area contributed by atoms with Crippen LogP contribution < -0.4 is 5.73 Å². The van der Waals surface area contributed by atoms with Crippen LogP contribution in [0.1, 0.15) is 178 Å². The van der Waals surface area contributed by atoms with Crippen LogP contribution in [0.2, 0.25) is 0 Å². The second-order valence-electron chi connectivity index (χ2n) is 7.77. The fourth-order valence-corrected chi connectivity index (χ4v) is 2.74. The van der Waals surface area contributed by atoms with Gasteiger partial charge < -0.3 is 10.3 Å². The Morgan fingerprint density at radius 3 is 0.970 bits per heavy atom. The van der Waals surface area contributed by atoms with E-state index in [1.54, 1.807) is 0 Å². The van der Waals surface area contributed by atoms with E-state index in [1.165, 1.54) is 83.5 Å². The lowest BCUT2D eigenvalue weighted by Crippen LogP contribution is -2.09. The van der Waals surface area contributed by atoms with Gasteiger partial charge in [0.1, 0.15) is 0 Å². The highest BCUT2D eigenvalue weighted by Crippen LogP contribution is 2.13. The summed E-state index contributed by atoms with van der Waals surface area (Å²) in [4.78, 5) is 10.5. The van der Waals surface area contributed by atoms with Crippen molar-refractivity contribution in [3.63, 3.8) is 0 Å². The van der Waals surface area contributed by atoms with Crippen molar-refractivity contribution in [2.24, 2.45) is 5.73 Å². The van der Waals surface area contributed by atoms with E-state index < -0.39 is 0 Å². The van der Waals surface area contributed by atoms with Gasteiger partial charge in [-0.25, -0.2) is 0 Å². The van der Waals surface area contributed by atoms with E-state index in [9.17, 15) is 4.79 Å². The van der Waals surface area contributed by atoms with E-state index in [0.717, 1.165) is 37.1 Å². The SMILES string of the molecule is CC.CC.CCC.CCC.CCC.NC(=O)CCCCCCCCCCCCCCCSO. The van der Waals surface area contributed by atoms with E-state index >= 15 is 0 Å². The van der Waals surface area contributed by atoms with Gasteiger partial charge in [0.25, 0.3) is 0 Å². The van der Waals surface area contributed by atoms with Crippen molar-refractivity contribution in [3.05, 3.63) is 0 Å². The minimum Gasteiger partial charge on any atom is -0.370 e. The summed E-state index contributed by atoms with van der Waals surface area (Å²) in [6.07, 6.45) is 20.8. The Labute approximate surface area is 217 Å². The molecule has 0 unspecified atom stereocenters. The van der Waals surface area contributed by atoms with Crippen molar-refractivity contribution in [2.75, 3.05) is 5.75 Å². The fourth-order valence-electron chi connectivity index (χ4n) is 2.41. The average molecular weight is 496 g/mol. The zero-order chi connectivity index (χ0) is 27.0. The van der Waals surface area contributed by atoms with Crippen molar-refractivity contribution >= 4 is 17.9 Å². The Morgan fingerprint density at radius 2 is 0.758 bits per heavy atom. The molecule has 0 aromatic heterocycles. The third-order valence-electron chi connectivity index (χ3n) is 3.66. The molecular formula is C29H69NO2S. The number of amides is 1. The summed E-state index contributed by atoms with van der Waals surface area (Å²) in [6, 6.07) is 0. The fraction of sp³-hybridized carbons (Fsp3) is 0.966. The summed E-state index contributed by atoms with van der Waals surface area (Å²) in [5, 5.41) is 0. The van der Waals surface area contributed by atoms with Crippen molar-refractivity contribution in [3.8, 4) is 0 Å². The third-order valence-corrected chi connectivity index (χ3v) is 4.13. The Kier molecular flexibility index (Phi) is 88.8. The van der Waals surface area contributed by atoms with Gasteiger partial charge in [0.15, 0.2) is 0 Å². The minimum absolute atomic E-state index is 0.167. The molecule has 0 atom stereocenters. The first-order chi connectivity index (χ1) is 16.0. The third kappa shape index (κ3) is 100. The maximum atomic E-state index is 10.5. The standard InChI is InChI=1S/C16H33NO2S.3C3H8.2C2H6/c17-16(18)14-12-10-8-6-4-2-1-3-5-7-9-11-13-15-20-19;3*1-3-2;2*1-2/h19H,1-15H2,(H2,17,18);3*3H2,1-2H3;2*1-2H3. The number of nitrogens with two attached hydrogens (primary N) is 1. The molecule has 4 heteroatoms. The molecule has 0 aromatic rings. The van der Waals surface area contributed by atoms with Gasteiger partial charge in [-0.05, 0) is 24.9 Å². The van der Waals surface area contributed by atoms with Crippen molar-refractivity contribution < 1.29 is 9.35 Å². The Morgan fingerprint density at radius 1 is 0.545 bits per heavy atom. The zero-order valence-electron chi connectivity index (χ0n) is 25.1. The summed E-state index contributed by atoms with van der Waals surface area (Å²) in [5.41, 5.74) is 5.10. The smallest absolute Gasteiger partial charge is 0.217 e. The quantitative estimate of drug-likeness (QED) is 0.165. The van der Waals surface area contributed by atoms with E-state index in [-0.39, 0.29) is 5.91 Å². The first kappa shape index (κ1) is 46.2. The van der Waals surface area contributed by atoms with Gasteiger partial charge in [-0.15, -0.1) is 0 Å². The molecule has 0 bridgehead atoms. The summed E-state index contributed by atoms with van der Waals surface area (Å²) in [7, 11) is 0. The number of carbonyl (C=O) groups is 1. The number of hydrogen-bond acceptors (Lipinski definition) is 3. The van der Waals surface area contributed by atoms with Crippen LogP contribution in [0.5, 0.6) is 0 Å². The maximum Gasteiger partial charge on any atom is 0.217 e. The van der Waals surface area contributed by atoms with Gasteiger partial charge in [0.05, 0.1) is 0 Å². The van der Waals surface area contributed by atoms with E-state index in [1.807, 2.05) is 27.7 Å². The van der Waals surface area contributed by atoms with Crippen LogP contribution in [0.15, 0.2) is 0 Å². The van der Waals surface area contributed by atoms with E-state index in [4.69, 9.17) is 10.3 Å². The molecule has 3 nitrogen and oxygen atoms in total. The van der Waals surface area contributed by atoms with Crippen LogP contribution in [-0.4, -0.2) is 16.2 Å². The molecule has 0 fully saturated rings. The first-order valence-electron chi connectivity index (χ1n) is 14.6. The van der Waals surface area contributed by atoms with Crippen LogP contribution in [-0.2, 0) is 4.79 Å². The molecule has 0 spiro atoms. The minimum atomic E-state index is -0.167. The summed E-state index contributed by atoms with van der Waals surface area (Å²) in [6.45, 7) is 20.8. The molecule has 0 saturated carbocycles. The summed E-state index contributed by atoms with van der Waals surface area (Å²) in [5.74, 6) is 0.722. The second kappa shape index (κ2) is 63.5. The number of unbranched alkanes of at least 4 members (excludes halogenated alkanes) is 12. The highest BCUT2D eigenvalue weighted by molar-refractivity contribution is 7.93. The van der Waals surface area contributed by atoms with Gasteiger partial charge in [-0.3, -0.25) is 4.79 Å². The lowest BCUT2D eigenvalue weighted by atomic mass is 10.0. The van der Waals surface area contributed by atoms with E-state index in [2.05, 4.69) is 41.5 Å². The predicted molar refractivity (Wildman–Crippen MR) is 160 cm³/mol. The van der Waals surface area contributed by atoms with Gasteiger partial charge in [0.2, 0.25) is 5.91 Å². The number of primary amides is 1. The molecule has 0 aromatic carbocycles. The average Bonchev–Trinajstić information content (AvgIpc) is 2.80. The highest BCUT2D eigenvalue weighted by atomic mass is 32.2. The predicted octanol–water partition coefficient (Wildman–Crippen LogP) is 11.4. The van der Waals surface area contributed by atoms with Crippen LogP contribution in [0.25, 0.3) is 0 Å². The molecule has 0 saturated heterocycles. The monoisotopic (exact) mass is 496 g/mol.